The number of halogens is 1. The molecule has 1 unspecified atom stereocenters. The van der Waals surface area contributed by atoms with Crippen LogP contribution in [0.4, 0.5) is 11.4 Å². The minimum absolute atomic E-state index is 0.344. The molecule has 4 heteroatoms. The molecule has 1 aromatic carbocycles. The average molecular weight is 227 g/mol. The van der Waals surface area contributed by atoms with Crippen LogP contribution in [0.3, 0.4) is 0 Å². The van der Waals surface area contributed by atoms with Crippen molar-refractivity contribution in [3.05, 3.63) is 23.2 Å². The van der Waals surface area contributed by atoms with Gasteiger partial charge in [0.1, 0.15) is 0 Å². The first-order valence-corrected chi connectivity index (χ1v) is 5.30. The molecule has 2 rings (SSSR count). The Morgan fingerprint density at radius 2 is 2.21 bits per heavy atom. The highest BCUT2D eigenvalue weighted by Crippen LogP contribution is 2.28. The van der Waals surface area contributed by atoms with E-state index < -0.39 is 0 Å². The summed E-state index contributed by atoms with van der Waals surface area (Å²) in [6, 6.07) is 5.70. The lowest BCUT2D eigenvalue weighted by molar-refractivity contribution is 0.833. The van der Waals surface area contributed by atoms with E-state index in [4.69, 9.17) is 23.8 Å². The van der Waals surface area contributed by atoms with Gasteiger partial charge < -0.3 is 10.6 Å². The first-order chi connectivity index (χ1) is 6.66. The topological polar surface area (TPSA) is 24.1 Å². The fourth-order valence-electron chi connectivity index (χ4n) is 1.38. The summed E-state index contributed by atoms with van der Waals surface area (Å²) in [5.41, 5.74) is 2.02. The molecule has 0 saturated carbocycles. The molecule has 0 radical (unpaired) electrons. The van der Waals surface area contributed by atoms with Gasteiger partial charge in [0.15, 0.2) is 0 Å². The van der Waals surface area contributed by atoms with E-state index in [2.05, 4.69) is 17.6 Å². The third-order valence-corrected chi connectivity index (χ3v) is 3.03. The molecule has 1 atom stereocenters. The summed E-state index contributed by atoms with van der Waals surface area (Å²) in [6.07, 6.45) is 0. The summed E-state index contributed by atoms with van der Waals surface area (Å²) >= 11 is 11.1. The number of fused-ring (bicyclic) bond motifs is 1. The molecule has 2 nitrogen and oxygen atoms in total. The van der Waals surface area contributed by atoms with Crippen molar-refractivity contribution in [2.24, 2.45) is 5.92 Å². The van der Waals surface area contributed by atoms with E-state index in [1.807, 2.05) is 18.2 Å². The molecular weight excluding hydrogens is 216 g/mol. The summed E-state index contributed by atoms with van der Waals surface area (Å²) in [5.74, 6) is 0.344. The zero-order chi connectivity index (χ0) is 10.1. The molecule has 14 heavy (non-hydrogen) atoms. The van der Waals surface area contributed by atoms with Crippen LogP contribution < -0.4 is 10.6 Å². The molecular formula is C10H11ClN2S. The van der Waals surface area contributed by atoms with Crippen molar-refractivity contribution in [2.45, 2.75) is 6.92 Å². The molecule has 0 spiro atoms. The molecule has 0 saturated heterocycles. The average Bonchev–Trinajstić information content (AvgIpc) is 2.29. The van der Waals surface area contributed by atoms with Gasteiger partial charge >= 0.3 is 0 Å². The van der Waals surface area contributed by atoms with E-state index in [-0.39, 0.29) is 0 Å². The Hall–Kier alpha value is -0.800. The number of hydrogen-bond acceptors (Lipinski definition) is 2. The van der Waals surface area contributed by atoms with Crippen LogP contribution in [-0.4, -0.2) is 11.5 Å². The van der Waals surface area contributed by atoms with E-state index in [1.54, 1.807) is 0 Å². The number of nitrogens with one attached hydrogen (secondary N) is 2. The Kier molecular flexibility index (Phi) is 2.61. The van der Waals surface area contributed by atoms with Gasteiger partial charge in [0.05, 0.1) is 16.4 Å². The fraction of sp³-hybridized carbons (Fsp3) is 0.300. The molecule has 1 aliphatic heterocycles. The molecule has 0 amide bonds. The molecule has 0 bridgehead atoms. The lowest BCUT2D eigenvalue weighted by Crippen LogP contribution is -2.20. The summed E-state index contributed by atoms with van der Waals surface area (Å²) in [5, 5.41) is 7.26. The molecule has 2 N–H and O–H groups in total. The quantitative estimate of drug-likeness (QED) is 0.665. The molecule has 1 aliphatic rings. The number of hydrogen-bond donors (Lipinski definition) is 2. The number of benzene rings is 1. The van der Waals surface area contributed by atoms with Crippen molar-refractivity contribution >= 4 is 40.2 Å². The maximum absolute atomic E-state index is 5.90. The van der Waals surface area contributed by atoms with Crippen molar-refractivity contribution in [1.29, 1.82) is 0 Å². The van der Waals surface area contributed by atoms with E-state index in [0.717, 1.165) is 27.9 Å². The second-order valence-corrected chi connectivity index (χ2v) is 4.34. The third kappa shape index (κ3) is 1.83. The zero-order valence-electron chi connectivity index (χ0n) is 7.80. The van der Waals surface area contributed by atoms with E-state index in [1.165, 1.54) is 0 Å². The Morgan fingerprint density at radius 1 is 1.43 bits per heavy atom. The minimum Gasteiger partial charge on any atom is -0.383 e. The predicted octanol–water partition coefficient (Wildman–Crippen LogP) is 3.14. The standard InChI is InChI=1S/C10H11ClN2S/c1-6-5-12-9-4-7(11)2-3-8(9)13-10(6)14/h2-4,6,12H,5H2,1H3,(H,13,14). The van der Waals surface area contributed by atoms with Crippen LogP contribution in [-0.2, 0) is 0 Å². The van der Waals surface area contributed by atoms with Crippen molar-refractivity contribution in [1.82, 2.24) is 0 Å². The van der Waals surface area contributed by atoms with Crippen LogP contribution in [0, 0.1) is 5.92 Å². The lowest BCUT2D eigenvalue weighted by Gasteiger charge is -2.08. The fourth-order valence-corrected chi connectivity index (χ4v) is 1.75. The van der Waals surface area contributed by atoms with E-state index in [0.29, 0.717) is 5.92 Å². The Bertz CT molecular complexity index is 378. The van der Waals surface area contributed by atoms with E-state index in [9.17, 15) is 0 Å². The SMILES string of the molecule is CC1CNc2cc(Cl)ccc2NC1=S. The highest BCUT2D eigenvalue weighted by Gasteiger charge is 2.15. The van der Waals surface area contributed by atoms with Gasteiger partial charge in [-0.3, -0.25) is 0 Å². The molecule has 1 aromatic rings. The lowest BCUT2D eigenvalue weighted by atomic mass is 10.2. The summed E-state index contributed by atoms with van der Waals surface area (Å²) in [7, 11) is 0. The van der Waals surface area contributed by atoms with Gasteiger partial charge in [0, 0.05) is 17.5 Å². The maximum Gasteiger partial charge on any atom is 0.0844 e. The van der Waals surface area contributed by atoms with Gasteiger partial charge in [0.25, 0.3) is 0 Å². The summed E-state index contributed by atoms with van der Waals surface area (Å²) in [6.45, 7) is 2.94. The monoisotopic (exact) mass is 226 g/mol. The van der Waals surface area contributed by atoms with Gasteiger partial charge in [-0.05, 0) is 18.2 Å². The number of rotatable bonds is 0. The van der Waals surface area contributed by atoms with Crippen LogP contribution in [0.2, 0.25) is 5.02 Å². The highest BCUT2D eigenvalue weighted by atomic mass is 35.5. The molecule has 0 fully saturated rings. The molecule has 74 valence electrons. The van der Waals surface area contributed by atoms with Gasteiger partial charge in [-0.25, -0.2) is 0 Å². The van der Waals surface area contributed by atoms with Gasteiger partial charge in [-0.15, -0.1) is 0 Å². The van der Waals surface area contributed by atoms with Gasteiger partial charge in [-0.1, -0.05) is 30.7 Å². The molecule has 0 aliphatic carbocycles. The molecule has 0 aromatic heterocycles. The molecule has 1 heterocycles. The van der Waals surface area contributed by atoms with Crippen molar-refractivity contribution < 1.29 is 0 Å². The van der Waals surface area contributed by atoms with Crippen LogP contribution in [0.25, 0.3) is 0 Å². The normalized spacial score (nSPS) is 20.4. The Balaban J connectivity index is 2.37. The van der Waals surface area contributed by atoms with E-state index >= 15 is 0 Å². The third-order valence-electron chi connectivity index (χ3n) is 2.29. The maximum atomic E-state index is 5.90. The smallest absolute Gasteiger partial charge is 0.0844 e. The first kappa shape index (κ1) is 9.74. The van der Waals surface area contributed by atoms with Crippen molar-refractivity contribution in [3.63, 3.8) is 0 Å². The minimum atomic E-state index is 0.344. The van der Waals surface area contributed by atoms with Gasteiger partial charge in [0.2, 0.25) is 0 Å². The van der Waals surface area contributed by atoms with Gasteiger partial charge in [-0.2, -0.15) is 0 Å². The Labute approximate surface area is 93.6 Å². The van der Waals surface area contributed by atoms with Crippen LogP contribution in [0.1, 0.15) is 6.92 Å². The van der Waals surface area contributed by atoms with Crippen LogP contribution >= 0.6 is 23.8 Å². The zero-order valence-corrected chi connectivity index (χ0v) is 9.38. The Morgan fingerprint density at radius 3 is 3.00 bits per heavy atom. The number of anilines is 2. The first-order valence-electron chi connectivity index (χ1n) is 4.51. The van der Waals surface area contributed by atoms with Crippen molar-refractivity contribution in [3.8, 4) is 0 Å². The summed E-state index contributed by atoms with van der Waals surface area (Å²) < 4.78 is 0. The second-order valence-electron chi connectivity index (χ2n) is 3.46. The summed E-state index contributed by atoms with van der Waals surface area (Å²) in [4.78, 5) is 0.874. The van der Waals surface area contributed by atoms with Crippen LogP contribution in [0.5, 0.6) is 0 Å². The van der Waals surface area contributed by atoms with Crippen LogP contribution in [0.15, 0.2) is 18.2 Å². The number of thiocarbonyl (C=S) groups is 1. The second kappa shape index (κ2) is 3.75. The largest absolute Gasteiger partial charge is 0.383 e. The highest BCUT2D eigenvalue weighted by molar-refractivity contribution is 7.80. The van der Waals surface area contributed by atoms with Crippen molar-refractivity contribution in [2.75, 3.05) is 17.2 Å². The predicted molar refractivity (Wildman–Crippen MR) is 65.3 cm³/mol.